The lowest BCUT2D eigenvalue weighted by molar-refractivity contribution is -0.121. The molecule has 1 fully saturated rings. The van der Waals surface area contributed by atoms with Crippen molar-refractivity contribution in [2.24, 2.45) is 0 Å². The summed E-state index contributed by atoms with van der Waals surface area (Å²) < 4.78 is 0. The predicted octanol–water partition coefficient (Wildman–Crippen LogP) is 4.75. The molecule has 0 bridgehead atoms. The minimum atomic E-state index is -1.21. The number of aromatic carboxylic acids is 1. The van der Waals surface area contributed by atoms with Gasteiger partial charge in [0.25, 0.3) is 17.7 Å². The summed E-state index contributed by atoms with van der Waals surface area (Å²) >= 11 is 0. The third-order valence-corrected chi connectivity index (χ3v) is 7.60. The average molecular weight is 563 g/mol. The number of anilines is 2. The quantitative estimate of drug-likeness (QED) is 0.191. The number of rotatable bonds is 14. The van der Waals surface area contributed by atoms with E-state index >= 15 is 0 Å². The van der Waals surface area contributed by atoms with E-state index in [4.69, 9.17) is 0 Å². The van der Waals surface area contributed by atoms with Crippen molar-refractivity contribution < 1.29 is 29.1 Å². The minimum absolute atomic E-state index is 0.0136. The number of amides is 4. The first kappa shape index (κ1) is 29.9. The first-order chi connectivity index (χ1) is 19.8. The number of benzene rings is 2. The topological polar surface area (TPSA) is 145 Å². The molecule has 2 aliphatic heterocycles. The Kier molecular flexibility index (Phi) is 10.2. The van der Waals surface area contributed by atoms with Gasteiger partial charge in [0.15, 0.2) is 0 Å². The van der Waals surface area contributed by atoms with Crippen LogP contribution in [0.15, 0.2) is 36.4 Å². The summed E-state index contributed by atoms with van der Waals surface area (Å²) in [5.41, 5.74) is 0.752. The van der Waals surface area contributed by atoms with E-state index in [1.165, 1.54) is 56.4 Å². The van der Waals surface area contributed by atoms with Crippen LogP contribution in [0, 0.1) is 0 Å². The number of fused-ring (bicyclic) bond motifs is 1. The Morgan fingerprint density at radius 3 is 2.32 bits per heavy atom. The second-order valence-corrected chi connectivity index (χ2v) is 10.6. The molecule has 10 nitrogen and oxygen atoms in total. The first-order valence-corrected chi connectivity index (χ1v) is 14.5. The molecule has 0 radical (unpaired) electrons. The Labute approximate surface area is 239 Å². The number of carboxylic acid groups (broad SMARTS) is 1. The molecule has 0 unspecified atom stereocenters. The van der Waals surface area contributed by atoms with E-state index in [2.05, 4.69) is 22.9 Å². The molecule has 4 rings (SSSR count). The molecular formula is C31H38N4O6. The van der Waals surface area contributed by atoms with Crippen molar-refractivity contribution >= 4 is 41.0 Å². The van der Waals surface area contributed by atoms with Crippen LogP contribution in [0.25, 0.3) is 0 Å². The van der Waals surface area contributed by atoms with E-state index in [9.17, 15) is 29.1 Å². The van der Waals surface area contributed by atoms with E-state index in [0.29, 0.717) is 25.2 Å². The maximum Gasteiger partial charge on any atom is 0.335 e. The smallest absolute Gasteiger partial charge is 0.335 e. The maximum absolute atomic E-state index is 13.3. The zero-order valence-corrected chi connectivity index (χ0v) is 23.5. The minimum Gasteiger partial charge on any atom is -0.478 e. The fourth-order valence-corrected chi connectivity index (χ4v) is 5.28. The van der Waals surface area contributed by atoms with Crippen LogP contribution in [0.2, 0.25) is 0 Å². The average Bonchev–Trinajstić information content (AvgIpc) is 3.59. The molecule has 0 aliphatic carbocycles. The molecule has 2 aliphatic rings. The molecule has 218 valence electrons. The standard InChI is InChI=1S/C31H38N4O6/c1-2-3-4-5-6-7-8-9-16-32-25-15-13-21(19-24(25)27(36)34-28(37)26-11-10-17-33-26)35-29(38)22-14-12-20(31(40)41)18-23(22)30(35)39/h12-15,18-19,26,32-33H,2-11,16-17H2,1H3,(H,40,41)(H,34,36,37)/t26-/m1/s1. The van der Waals surface area contributed by atoms with Crippen molar-refractivity contribution in [3.63, 3.8) is 0 Å². The number of unbranched alkanes of at least 4 members (excludes halogenated alkanes) is 7. The van der Waals surface area contributed by atoms with Gasteiger partial charge in [-0.2, -0.15) is 0 Å². The van der Waals surface area contributed by atoms with Gasteiger partial charge in [0.1, 0.15) is 0 Å². The van der Waals surface area contributed by atoms with E-state index in [1.807, 2.05) is 0 Å². The van der Waals surface area contributed by atoms with Crippen LogP contribution in [-0.2, 0) is 4.79 Å². The van der Waals surface area contributed by atoms with E-state index in [1.54, 1.807) is 12.1 Å². The van der Waals surface area contributed by atoms with Crippen LogP contribution in [0.3, 0.4) is 0 Å². The van der Waals surface area contributed by atoms with Crippen LogP contribution in [0.1, 0.15) is 113 Å². The van der Waals surface area contributed by atoms with Crippen molar-refractivity contribution in [1.29, 1.82) is 0 Å². The summed E-state index contributed by atoms with van der Waals surface area (Å²) in [6.07, 6.45) is 10.8. The summed E-state index contributed by atoms with van der Waals surface area (Å²) in [5.74, 6) is -3.55. The van der Waals surface area contributed by atoms with Crippen molar-refractivity contribution in [1.82, 2.24) is 10.6 Å². The number of hydrogen-bond donors (Lipinski definition) is 4. The highest BCUT2D eigenvalue weighted by atomic mass is 16.4. The van der Waals surface area contributed by atoms with Gasteiger partial charge in [0.2, 0.25) is 5.91 Å². The summed E-state index contributed by atoms with van der Waals surface area (Å²) in [6, 6.07) is 7.93. The molecule has 1 saturated heterocycles. The molecule has 4 N–H and O–H groups in total. The summed E-state index contributed by atoms with van der Waals surface area (Å²) in [7, 11) is 0. The normalized spacial score (nSPS) is 16.1. The molecule has 10 heteroatoms. The van der Waals surface area contributed by atoms with Crippen LogP contribution in [0.4, 0.5) is 11.4 Å². The highest BCUT2D eigenvalue weighted by Crippen LogP contribution is 2.32. The van der Waals surface area contributed by atoms with Gasteiger partial charge in [-0.3, -0.25) is 24.5 Å². The second kappa shape index (κ2) is 14.0. The van der Waals surface area contributed by atoms with Gasteiger partial charge in [0.05, 0.1) is 34.0 Å². The molecule has 0 spiro atoms. The maximum atomic E-state index is 13.3. The highest BCUT2D eigenvalue weighted by Gasteiger charge is 2.38. The number of nitrogens with one attached hydrogen (secondary N) is 3. The van der Waals surface area contributed by atoms with Crippen LogP contribution >= 0.6 is 0 Å². The Morgan fingerprint density at radius 1 is 0.927 bits per heavy atom. The molecule has 2 aromatic rings. The first-order valence-electron chi connectivity index (χ1n) is 14.5. The Balaban J connectivity index is 1.50. The van der Waals surface area contributed by atoms with E-state index in [-0.39, 0.29) is 27.9 Å². The fraction of sp³-hybridized carbons (Fsp3) is 0.452. The lowest BCUT2D eigenvalue weighted by Crippen LogP contribution is -2.43. The zero-order chi connectivity index (χ0) is 29.4. The molecule has 0 aromatic heterocycles. The molecule has 4 amide bonds. The van der Waals surface area contributed by atoms with Gasteiger partial charge in [0, 0.05) is 12.2 Å². The molecule has 1 atom stereocenters. The summed E-state index contributed by atoms with van der Waals surface area (Å²) in [4.78, 5) is 64.6. The molecule has 0 saturated carbocycles. The SMILES string of the molecule is CCCCCCCCCCNc1ccc(N2C(=O)c3ccc(C(=O)O)cc3C2=O)cc1C(=O)NC(=O)[C@H]1CCCN1. The largest absolute Gasteiger partial charge is 0.478 e. The van der Waals surface area contributed by atoms with E-state index < -0.39 is 35.6 Å². The van der Waals surface area contributed by atoms with Gasteiger partial charge in [-0.05, 0) is 62.2 Å². The predicted molar refractivity (Wildman–Crippen MR) is 156 cm³/mol. The molecule has 41 heavy (non-hydrogen) atoms. The highest BCUT2D eigenvalue weighted by molar-refractivity contribution is 6.35. The summed E-state index contributed by atoms with van der Waals surface area (Å²) in [5, 5.41) is 18.1. The number of hydrogen-bond acceptors (Lipinski definition) is 7. The van der Waals surface area contributed by atoms with Gasteiger partial charge in [-0.15, -0.1) is 0 Å². The summed E-state index contributed by atoms with van der Waals surface area (Å²) in [6.45, 7) is 3.53. The monoisotopic (exact) mass is 562 g/mol. The van der Waals surface area contributed by atoms with Crippen LogP contribution in [0.5, 0.6) is 0 Å². The fourth-order valence-electron chi connectivity index (χ4n) is 5.28. The molecule has 2 aromatic carbocycles. The Hall–Kier alpha value is -4.05. The Bertz CT molecular complexity index is 1320. The van der Waals surface area contributed by atoms with E-state index in [0.717, 1.165) is 30.6 Å². The van der Waals surface area contributed by atoms with Gasteiger partial charge < -0.3 is 15.7 Å². The molecule has 2 heterocycles. The number of nitrogens with zero attached hydrogens (tertiary/aromatic N) is 1. The third kappa shape index (κ3) is 7.18. The van der Waals surface area contributed by atoms with Crippen molar-refractivity contribution in [2.45, 2.75) is 77.2 Å². The van der Waals surface area contributed by atoms with Crippen LogP contribution < -0.4 is 20.9 Å². The number of imide groups is 2. The number of carbonyl (C=O) groups is 5. The van der Waals surface area contributed by atoms with Crippen molar-refractivity contribution in [3.05, 3.63) is 58.7 Å². The van der Waals surface area contributed by atoms with Gasteiger partial charge in [-0.1, -0.05) is 51.9 Å². The lowest BCUT2D eigenvalue weighted by atomic mass is 10.1. The van der Waals surface area contributed by atoms with Gasteiger partial charge >= 0.3 is 5.97 Å². The number of carboxylic acids is 1. The zero-order valence-electron chi connectivity index (χ0n) is 23.5. The van der Waals surface area contributed by atoms with Crippen LogP contribution in [-0.4, -0.2) is 53.8 Å². The van der Waals surface area contributed by atoms with Crippen molar-refractivity contribution in [3.8, 4) is 0 Å². The van der Waals surface area contributed by atoms with Crippen molar-refractivity contribution in [2.75, 3.05) is 23.3 Å². The number of carbonyl (C=O) groups excluding carboxylic acids is 4. The van der Waals surface area contributed by atoms with Gasteiger partial charge in [-0.25, -0.2) is 9.69 Å². The second-order valence-electron chi connectivity index (χ2n) is 10.6. The third-order valence-electron chi connectivity index (χ3n) is 7.60. The Morgan fingerprint density at radius 2 is 1.63 bits per heavy atom. The molecular weight excluding hydrogens is 524 g/mol. The lowest BCUT2D eigenvalue weighted by Gasteiger charge is -2.18.